The molecule has 2 aliphatic rings. The van der Waals surface area contributed by atoms with Crippen LogP contribution in [0.3, 0.4) is 0 Å². The summed E-state index contributed by atoms with van der Waals surface area (Å²) < 4.78 is 19.3. The zero-order valence-electron chi connectivity index (χ0n) is 18.4. The molecule has 1 aliphatic carbocycles. The van der Waals surface area contributed by atoms with E-state index in [1.807, 2.05) is 13.0 Å². The van der Waals surface area contributed by atoms with E-state index < -0.39 is 11.6 Å². The highest BCUT2D eigenvalue weighted by Crippen LogP contribution is 2.46. The third-order valence-corrected chi connectivity index (χ3v) is 6.64. The second-order valence-electron chi connectivity index (χ2n) is 8.67. The van der Waals surface area contributed by atoms with Crippen LogP contribution in [0.25, 0.3) is 16.7 Å². The number of ether oxygens (including phenoxy) is 1. The predicted molar refractivity (Wildman–Crippen MR) is 123 cm³/mol. The summed E-state index contributed by atoms with van der Waals surface area (Å²) in [6.45, 7) is 1.87. The Morgan fingerprint density at radius 1 is 1.09 bits per heavy atom. The largest absolute Gasteiger partial charge is 0.414 e. The Bertz CT molecular complexity index is 1100. The van der Waals surface area contributed by atoms with Gasteiger partial charge in [-0.1, -0.05) is 49.1 Å². The van der Waals surface area contributed by atoms with Crippen molar-refractivity contribution in [3.63, 3.8) is 0 Å². The quantitative estimate of drug-likeness (QED) is 0.644. The molecule has 0 saturated heterocycles. The lowest BCUT2D eigenvalue weighted by atomic mass is 9.80. The Labute approximate surface area is 192 Å². The monoisotopic (exact) mass is 456 g/mol. The first-order valence-corrected chi connectivity index (χ1v) is 11.1. The molecule has 2 aromatic rings. The van der Waals surface area contributed by atoms with Gasteiger partial charge in [-0.3, -0.25) is 4.79 Å². The molecule has 1 N–H and O–H groups in total. The molecule has 0 aromatic heterocycles. The second kappa shape index (κ2) is 8.58. The third-order valence-electron chi connectivity index (χ3n) is 6.32. The lowest BCUT2D eigenvalue weighted by molar-refractivity contribution is -0.116. The maximum atomic E-state index is 13.4. The number of carbonyl (C=O) groups excluding carboxylic acids is 2. The molecule has 0 radical (unpaired) electrons. The molecule has 0 bridgehead atoms. The first-order valence-electron chi connectivity index (χ1n) is 10.8. The van der Waals surface area contributed by atoms with E-state index in [4.69, 9.17) is 16.3 Å². The van der Waals surface area contributed by atoms with E-state index in [0.29, 0.717) is 34.8 Å². The molecule has 0 unspecified atom stereocenters. The molecule has 1 saturated carbocycles. The van der Waals surface area contributed by atoms with Gasteiger partial charge in [-0.05, 0) is 54.7 Å². The Balaban J connectivity index is 1.92. The highest BCUT2D eigenvalue weighted by atomic mass is 35.5. The van der Waals surface area contributed by atoms with Gasteiger partial charge in [0, 0.05) is 24.7 Å². The molecule has 32 heavy (non-hydrogen) atoms. The van der Waals surface area contributed by atoms with Crippen molar-refractivity contribution in [3.05, 3.63) is 64.1 Å². The molecule has 2 aromatic carbocycles. The Morgan fingerprint density at radius 3 is 2.38 bits per heavy atom. The van der Waals surface area contributed by atoms with Crippen molar-refractivity contribution in [1.29, 1.82) is 0 Å². The Kier molecular flexibility index (Phi) is 5.99. The maximum Gasteiger partial charge on any atom is 0.414 e. The van der Waals surface area contributed by atoms with Crippen molar-refractivity contribution >= 4 is 29.2 Å². The second-order valence-corrected chi connectivity index (χ2v) is 9.07. The summed E-state index contributed by atoms with van der Waals surface area (Å²) in [7, 11) is 3.21. The number of benzene rings is 2. The average molecular weight is 457 g/mol. The van der Waals surface area contributed by atoms with E-state index in [2.05, 4.69) is 5.32 Å². The fourth-order valence-corrected chi connectivity index (χ4v) is 4.97. The zero-order chi connectivity index (χ0) is 23.0. The molecule has 1 fully saturated rings. The molecule has 1 heterocycles. The molecular formula is C25H26ClFN2O3. The van der Waals surface area contributed by atoms with E-state index in [1.165, 1.54) is 17.0 Å². The summed E-state index contributed by atoms with van der Waals surface area (Å²) in [6.07, 6.45) is 3.79. The molecule has 2 amide bonds. The molecule has 7 heteroatoms. The smallest absolute Gasteiger partial charge is 0.411 e. The zero-order valence-corrected chi connectivity index (χ0v) is 19.2. The number of hydrogen-bond donors (Lipinski definition) is 1. The van der Waals surface area contributed by atoms with Gasteiger partial charge in [-0.25, -0.2) is 9.18 Å². The fourth-order valence-electron chi connectivity index (χ4n) is 4.67. The number of nitrogens with zero attached hydrogens (tertiary/aromatic N) is 1. The van der Waals surface area contributed by atoms with E-state index in [9.17, 15) is 14.0 Å². The van der Waals surface area contributed by atoms with Crippen LogP contribution in [-0.4, -0.2) is 36.5 Å². The summed E-state index contributed by atoms with van der Waals surface area (Å²) in [6, 6.07) is 9.74. The van der Waals surface area contributed by atoms with Gasteiger partial charge in [-0.15, -0.1) is 0 Å². The molecule has 1 spiro atoms. The van der Waals surface area contributed by atoms with Crippen LogP contribution < -0.4 is 5.32 Å². The standard InChI is InChI=1S/C25H26ClFN2O3/c1-15-18(16-7-9-17(27)10-8-16)11-12-19(26)20(15)21-22(32-24(31)29(2)3)25(28-23(21)30)13-5-4-6-14-25/h7-12H,4-6,13-14H2,1-3H3,(H,28,30). The van der Waals surface area contributed by atoms with E-state index in [-0.39, 0.29) is 11.7 Å². The van der Waals surface area contributed by atoms with E-state index in [0.717, 1.165) is 36.0 Å². The van der Waals surface area contributed by atoms with Crippen LogP contribution in [0.2, 0.25) is 5.02 Å². The van der Waals surface area contributed by atoms with E-state index in [1.54, 1.807) is 32.3 Å². The van der Waals surface area contributed by atoms with Crippen molar-refractivity contribution in [2.75, 3.05) is 14.1 Å². The SMILES string of the molecule is Cc1c(-c2ccc(F)cc2)ccc(Cl)c1C1=C(OC(=O)N(C)C)C2(CCCCC2)NC1=O. The first-order chi connectivity index (χ1) is 15.2. The van der Waals surface area contributed by atoms with Gasteiger partial charge in [-0.2, -0.15) is 0 Å². The summed E-state index contributed by atoms with van der Waals surface area (Å²) in [5, 5.41) is 3.51. The number of nitrogens with one attached hydrogen (secondary N) is 1. The van der Waals surface area contributed by atoms with E-state index >= 15 is 0 Å². The number of halogens is 2. The third kappa shape index (κ3) is 3.88. The summed E-state index contributed by atoms with van der Waals surface area (Å²) in [5.41, 5.74) is 2.52. The molecule has 168 valence electrons. The van der Waals surface area contributed by atoms with Crippen LogP contribution in [0.5, 0.6) is 0 Å². The fraction of sp³-hybridized carbons (Fsp3) is 0.360. The van der Waals surface area contributed by atoms with Gasteiger partial charge in [0.05, 0.1) is 11.1 Å². The minimum atomic E-state index is -0.710. The normalized spacial score (nSPS) is 17.5. The van der Waals surface area contributed by atoms with Crippen LogP contribution in [0.1, 0.15) is 43.2 Å². The van der Waals surface area contributed by atoms with Gasteiger partial charge in [0.25, 0.3) is 5.91 Å². The van der Waals surface area contributed by atoms with Gasteiger partial charge >= 0.3 is 6.09 Å². The lowest BCUT2D eigenvalue weighted by Crippen LogP contribution is -2.47. The van der Waals surface area contributed by atoms with Crippen LogP contribution in [0.4, 0.5) is 9.18 Å². The van der Waals surface area contributed by atoms with Crippen molar-refractivity contribution < 1.29 is 18.7 Å². The number of amides is 2. The Hall–Kier alpha value is -2.86. The topological polar surface area (TPSA) is 58.6 Å². The van der Waals surface area contributed by atoms with Crippen molar-refractivity contribution in [2.24, 2.45) is 0 Å². The van der Waals surface area contributed by atoms with Gasteiger partial charge in [0.15, 0.2) is 0 Å². The molecule has 4 rings (SSSR count). The van der Waals surface area contributed by atoms with Gasteiger partial charge in [0.1, 0.15) is 11.6 Å². The summed E-state index contributed by atoms with van der Waals surface area (Å²) in [4.78, 5) is 27.2. The number of carbonyl (C=O) groups is 2. The van der Waals surface area contributed by atoms with Crippen LogP contribution in [-0.2, 0) is 9.53 Å². The predicted octanol–water partition coefficient (Wildman–Crippen LogP) is 5.70. The van der Waals surface area contributed by atoms with Gasteiger partial charge < -0.3 is 15.0 Å². The highest BCUT2D eigenvalue weighted by molar-refractivity contribution is 6.36. The minimum Gasteiger partial charge on any atom is -0.411 e. The first kappa shape index (κ1) is 22.3. The number of hydrogen-bond acceptors (Lipinski definition) is 3. The van der Waals surface area contributed by atoms with Gasteiger partial charge in [0.2, 0.25) is 0 Å². The van der Waals surface area contributed by atoms with Crippen LogP contribution >= 0.6 is 11.6 Å². The molecule has 1 aliphatic heterocycles. The van der Waals surface area contributed by atoms with Crippen molar-refractivity contribution in [2.45, 2.75) is 44.6 Å². The number of rotatable bonds is 3. The molecule has 5 nitrogen and oxygen atoms in total. The average Bonchev–Trinajstić information content (AvgIpc) is 3.00. The highest BCUT2D eigenvalue weighted by Gasteiger charge is 2.49. The van der Waals surface area contributed by atoms with Crippen molar-refractivity contribution in [3.8, 4) is 11.1 Å². The van der Waals surface area contributed by atoms with Crippen molar-refractivity contribution in [1.82, 2.24) is 10.2 Å². The summed E-state index contributed by atoms with van der Waals surface area (Å²) in [5.74, 6) is -0.271. The minimum absolute atomic E-state index is 0.297. The lowest BCUT2D eigenvalue weighted by Gasteiger charge is -2.35. The van der Waals surface area contributed by atoms with Crippen LogP contribution in [0.15, 0.2) is 42.2 Å². The van der Waals surface area contributed by atoms with Crippen LogP contribution in [0, 0.1) is 12.7 Å². The molecule has 0 atom stereocenters. The Morgan fingerprint density at radius 2 is 1.75 bits per heavy atom. The maximum absolute atomic E-state index is 13.4. The summed E-state index contributed by atoms with van der Waals surface area (Å²) >= 11 is 6.63. The molecular weight excluding hydrogens is 431 g/mol.